The molecule has 0 saturated carbocycles. The number of carboxylic acids is 1. The molecule has 0 spiro atoms. The van der Waals surface area contributed by atoms with Crippen LogP contribution in [0.5, 0.6) is 0 Å². The number of aromatic nitrogens is 1. The van der Waals surface area contributed by atoms with E-state index in [1.54, 1.807) is 37.3 Å². The van der Waals surface area contributed by atoms with Crippen molar-refractivity contribution in [1.82, 2.24) is 10.3 Å². The van der Waals surface area contributed by atoms with Crippen LogP contribution in [0.15, 0.2) is 35.1 Å². The molecule has 122 valence electrons. The number of rotatable bonds is 5. The second-order valence-corrected chi connectivity index (χ2v) is 6.20. The first-order chi connectivity index (χ1) is 10.7. The van der Waals surface area contributed by atoms with Gasteiger partial charge in [-0.25, -0.2) is 0 Å². The zero-order valence-corrected chi connectivity index (χ0v) is 13.3. The fraction of sp³-hybridized carbons (Fsp3) is 0.353. The molecular weight excluding hydrogens is 296 g/mol. The molecular formula is C17H20N2O4. The Kier molecular flexibility index (Phi) is 4.54. The van der Waals surface area contributed by atoms with Crippen molar-refractivity contribution in [3.63, 3.8) is 0 Å². The van der Waals surface area contributed by atoms with Gasteiger partial charge in [-0.1, -0.05) is 32.0 Å². The SMILES string of the molecule is CC(C)C(C)(CC(=O)O)NC(=O)c1cc2ccccc2c(=O)[nH]1. The van der Waals surface area contributed by atoms with Crippen LogP contribution in [0.2, 0.25) is 0 Å². The Labute approximate surface area is 133 Å². The third-order valence-corrected chi connectivity index (χ3v) is 4.19. The predicted octanol–water partition coefficient (Wildman–Crippen LogP) is 2.15. The van der Waals surface area contributed by atoms with E-state index in [0.29, 0.717) is 10.8 Å². The van der Waals surface area contributed by atoms with Gasteiger partial charge in [-0.3, -0.25) is 14.4 Å². The third kappa shape index (κ3) is 3.59. The summed E-state index contributed by atoms with van der Waals surface area (Å²) in [5.41, 5.74) is -1.14. The third-order valence-electron chi connectivity index (χ3n) is 4.19. The standard InChI is InChI=1S/C17H20N2O4/c1-10(2)17(3,9-14(20)21)19-16(23)13-8-11-6-4-5-7-12(11)15(22)18-13/h4-8,10H,9H2,1-3H3,(H,18,22)(H,19,23)(H,20,21). The van der Waals surface area contributed by atoms with Crippen LogP contribution < -0.4 is 10.9 Å². The number of benzene rings is 1. The molecule has 2 aromatic rings. The number of pyridine rings is 1. The van der Waals surface area contributed by atoms with Crippen molar-refractivity contribution in [3.05, 3.63) is 46.4 Å². The molecule has 1 atom stereocenters. The van der Waals surface area contributed by atoms with Crippen molar-refractivity contribution in [2.75, 3.05) is 0 Å². The summed E-state index contributed by atoms with van der Waals surface area (Å²) in [7, 11) is 0. The molecule has 1 heterocycles. The lowest BCUT2D eigenvalue weighted by molar-refractivity contribution is -0.138. The Hall–Kier alpha value is -2.63. The van der Waals surface area contributed by atoms with E-state index >= 15 is 0 Å². The molecule has 3 N–H and O–H groups in total. The molecule has 0 radical (unpaired) electrons. The van der Waals surface area contributed by atoms with Gasteiger partial charge >= 0.3 is 5.97 Å². The van der Waals surface area contributed by atoms with Gasteiger partial charge in [0.15, 0.2) is 0 Å². The van der Waals surface area contributed by atoms with E-state index in [1.165, 1.54) is 0 Å². The van der Waals surface area contributed by atoms with Crippen molar-refractivity contribution in [1.29, 1.82) is 0 Å². The molecule has 2 rings (SSSR count). The minimum absolute atomic E-state index is 0.0882. The van der Waals surface area contributed by atoms with Crippen LogP contribution in [-0.4, -0.2) is 27.5 Å². The average molecular weight is 316 g/mol. The molecule has 0 aliphatic heterocycles. The smallest absolute Gasteiger partial charge is 0.305 e. The minimum Gasteiger partial charge on any atom is -0.481 e. The second kappa shape index (κ2) is 6.24. The maximum Gasteiger partial charge on any atom is 0.305 e. The number of carbonyl (C=O) groups is 2. The van der Waals surface area contributed by atoms with E-state index < -0.39 is 17.4 Å². The number of hydrogen-bond donors (Lipinski definition) is 3. The summed E-state index contributed by atoms with van der Waals surface area (Å²) in [4.78, 5) is 38.1. The Morgan fingerprint density at radius 3 is 2.57 bits per heavy atom. The molecule has 1 amide bonds. The van der Waals surface area contributed by atoms with Gasteiger partial charge in [0.25, 0.3) is 11.5 Å². The molecule has 0 bridgehead atoms. The summed E-state index contributed by atoms with van der Waals surface area (Å²) in [5, 5.41) is 13.0. The first-order valence-electron chi connectivity index (χ1n) is 7.39. The minimum atomic E-state index is -0.992. The number of carboxylic acid groups (broad SMARTS) is 1. The lowest BCUT2D eigenvalue weighted by Gasteiger charge is -2.33. The van der Waals surface area contributed by atoms with Crippen LogP contribution in [0.4, 0.5) is 0 Å². The van der Waals surface area contributed by atoms with Crippen LogP contribution in [0, 0.1) is 5.92 Å². The molecule has 0 aliphatic rings. The highest BCUT2D eigenvalue weighted by atomic mass is 16.4. The fourth-order valence-electron chi connectivity index (χ4n) is 2.37. The summed E-state index contributed by atoms with van der Waals surface area (Å²) in [6.07, 6.45) is -0.200. The summed E-state index contributed by atoms with van der Waals surface area (Å²) in [5.74, 6) is -1.58. The van der Waals surface area contributed by atoms with E-state index in [0.717, 1.165) is 0 Å². The summed E-state index contributed by atoms with van der Waals surface area (Å²) in [6.45, 7) is 5.36. The Balaban J connectivity index is 2.36. The van der Waals surface area contributed by atoms with Gasteiger partial charge in [-0.15, -0.1) is 0 Å². The number of amides is 1. The maximum atomic E-state index is 12.5. The molecule has 1 aromatic carbocycles. The first kappa shape index (κ1) is 16.7. The van der Waals surface area contributed by atoms with Gasteiger partial charge in [0.1, 0.15) is 5.69 Å². The van der Waals surface area contributed by atoms with Gasteiger partial charge < -0.3 is 15.4 Å². The molecule has 0 saturated heterocycles. The van der Waals surface area contributed by atoms with Gasteiger partial charge in [-0.05, 0) is 30.4 Å². The molecule has 1 unspecified atom stereocenters. The van der Waals surface area contributed by atoms with Crippen molar-refractivity contribution in [3.8, 4) is 0 Å². The molecule has 6 heteroatoms. The van der Waals surface area contributed by atoms with Gasteiger partial charge in [0.05, 0.1) is 12.0 Å². The van der Waals surface area contributed by atoms with Crippen molar-refractivity contribution in [2.45, 2.75) is 32.7 Å². The molecule has 1 aromatic heterocycles. The average Bonchev–Trinajstić information content (AvgIpc) is 2.46. The number of aliphatic carboxylic acids is 1. The van der Waals surface area contributed by atoms with Crippen LogP contribution in [-0.2, 0) is 4.79 Å². The number of nitrogens with one attached hydrogen (secondary N) is 2. The zero-order valence-electron chi connectivity index (χ0n) is 13.3. The Morgan fingerprint density at radius 2 is 1.96 bits per heavy atom. The highest BCUT2D eigenvalue weighted by Crippen LogP contribution is 2.21. The van der Waals surface area contributed by atoms with Gasteiger partial charge in [0.2, 0.25) is 0 Å². The maximum absolute atomic E-state index is 12.5. The largest absolute Gasteiger partial charge is 0.481 e. The second-order valence-electron chi connectivity index (χ2n) is 6.20. The van der Waals surface area contributed by atoms with Crippen molar-refractivity contribution in [2.24, 2.45) is 5.92 Å². The highest BCUT2D eigenvalue weighted by Gasteiger charge is 2.33. The van der Waals surface area contributed by atoms with Crippen molar-refractivity contribution >= 4 is 22.6 Å². The number of H-pyrrole nitrogens is 1. The lowest BCUT2D eigenvalue weighted by Crippen LogP contribution is -2.51. The number of aromatic amines is 1. The van der Waals surface area contributed by atoms with Crippen LogP contribution in [0.25, 0.3) is 10.8 Å². The van der Waals surface area contributed by atoms with Crippen LogP contribution >= 0.6 is 0 Å². The predicted molar refractivity (Wildman–Crippen MR) is 87.5 cm³/mol. The van der Waals surface area contributed by atoms with Gasteiger partial charge in [0, 0.05) is 5.39 Å². The lowest BCUT2D eigenvalue weighted by atomic mass is 9.85. The van der Waals surface area contributed by atoms with Crippen molar-refractivity contribution < 1.29 is 14.7 Å². The van der Waals surface area contributed by atoms with Crippen LogP contribution in [0.1, 0.15) is 37.7 Å². The number of carbonyl (C=O) groups excluding carboxylic acids is 1. The van der Waals surface area contributed by atoms with E-state index in [1.807, 2.05) is 13.8 Å². The number of hydrogen-bond acceptors (Lipinski definition) is 3. The van der Waals surface area contributed by atoms with E-state index in [2.05, 4.69) is 10.3 Å². The fourth-order valence-corrected chi connectivity index (χ4v) is 2.37. The summed E-state index contributed by atoms with van der Waals surface area (Å²) >= 11 is 0. The number of fused-ring (bicyclic) bond motifs is 1. The molecule has 6 nitrogen and oxygen atoms in total. The normalized spacial score (nSPS) is 13.7. The summed E-state index contributed by atoms with van der Waals surface area (Å²) in [6, 6.07) is 8.55. The van der Waals surface area contributed by atoms with E-state index in [9.17, 15) is 14.4 Å². The van der Waals surface area contributed by atoms with E-state index in [-0.39, 0.29) is 23.6 Å². The topological polar surface area (TPSA) is 99.3 Å². The zero-order chi connectivity index (χ0) is 17.2. The van der Waals surface area contributed by atoms with Gasteiger partial charge in [-0.2, -0.15) is 0 Å². The molecule has 0 fully saturated rings. The highest BCUT2D eigenvalue weighted by molar-refractivity contribution is 5.96. The first-order valence-corrected chi connectivity index (χ1v) is 7.39. The molecule has 23 heavy (non-hydrogen) atoms. The van der Waals surface area contributed by atoms with Crippen LogP contribution in [0.3, 0.4) is 0 Å². The Bertz CT molecular complexity index is 810. The van der Waals surface area contributed by atoms with E-state index in [4.69, 9.17) is 5.11 Å². The quantitative estimate of drug-likeness (QED) is 0.787. The Morgan fingerprint density at radius 1 is 1.30 bits per heavy atom. The summed E-state index contributed by atoms with van der Waals surface area (Å²) < 4.78 is 0. The molecule has 0 aliphatic carbocycles. The monoisotopic (exact) mass is 316 g/mol.